The molecule has 0 unspecified atom stereocenters. The molecule has 1 aliphatic heterocycles. The summed E-state index contributed by atoms with van der Waals surface area (Å²) in [4.78, 5) is 4.44. The molecule has 0 aromatic heterocycles. The largest absolute Gasteiger partial charge is 0.489 e. The van der Waals surface area contributed by atoms with Crippen molar-refractivity contribution in [3.05, 3.63) is 53.6 Å². The van der Waals surface area contributed by atoms with Crippen LogP contribution in [-0.4, -0.2) is 18.9 Å². The molecule has 0 N–H and O–H groups in total. The quantitative estimate of drug-likeness (QED) is 0.725. The van der Waals surface area contributed by atoms with Crippen LogP contribution in [0.1, 0.15) is 19.4 Å². The van der Waals surface area contributed by atoms with Crippen LogP contribution < -0.4 is 4.74 Å². The van der Waals surface area contributed by atoms with Gasteiger partial charge in [-0.25, -0.2) is 0 Å². The van der Waals surface area contributed by atoms with Crippen molar-refractivity contribution >= 4 is 5.71 Å². The molecule has 1 aromatic rings. The number of rotatable bonds is 2. The van der Waals surface area contributed by atoms with E-state index in [4.69, 9.17) is 4.74 Å². The molecule has 0 spiro atoms. The zero-order valence-electron chi connectivity index (χ0n) is 11.0. The van der Waals surface area contributed by atoms with Gasteiger partial charge in [0, 0.05) is 12.3 Å². The number of nitrogens with zero attached hydrogens (tertiary/aromatic N) is 1. The predicted octanol–water partition coefficient (Wildman–Crippen LogP) is 3.58. The lowest BCUT2D eigenvalue weighted by molar-refractivity contribution is 0.359. The van der Waals surface area contributed by atoms with Crippen molar-refractivity contribution in [1.29, 1.82) is 0 Å². The van der Waals surface area contributed by atoms with Crippen LogP contribution >= 0.6 is 0 Å². The summed E-state index contributed by atoms with van der Waals surface area (Å²) in [6.07, 6.45) is 7.30. The van der Waals surface area contributed by atoms with Crippen molar-refractivity contribution in [2.24, 2.45) is 4.99 Å². The molecule has 0 amide bonds. The van der Waals surface area contributed by atoms with Crippen LogP contribution in [0.5, 0.6) is 5.75 Å². The van der Waals surface area contributed by atoms with E-state index in [1.54, 1.807) is 0 Å². The standard InChI is InChI=1S/C16H19NO/c1-3-17-13(2)14-8-6-9-15-7-4-5-10-16(15)18-12-11-14/h4-8,10-11H,3,9,12H2,1-2H3/b8-6-,14-11+,17-13?. The molecular formula is C16H19NO. The molecule has 18 heavy (non-hydrogen) atoms. The zero-order valence-corrected chi connectivity index (χ0v) is 11.0. The second kappa shape index (κ2) is 6.20. The molecule has 0 aliphatic carbocycles. The highest BCUT2D eigenvalue weighted by Gasteiger charge is 2.04. The molecule has 0 bridgehead atoms. The van der Waals surface area contributed by atoms with Crippen LogP contribution in [-0.2, 0) is 6.42 Å². The van der Waals surface area contributed by atoms with Crippen molar-refractivity contribution in [1.82, 2.24) is 0 Å². The lowest BCUT2D eigenvalue weighted by atomic mass is 10.1. The van der Waals surface area contributed by atoms with E-state index in [0.717, 1.165) is 30.0 Å². The SMILES string of the molecule is CCN=C(C)C1=C/COc2ccccc2C/C=C\1. The highest BCUT2D eigenvalue weighted by molar-refractivity contribution is 6.00. The number of ether oxygens (including phenoxy) is 1. The number of hydrogen-bond acceptors (Lipinski definition) is 2. The maximum absolute atomic E-state index is 5.80. The number of allylic oxidation sites excluding steroid dienone is 3. The van der Waals surface area contributed by atoms with E-state index in [1.165, 1.54) is 5.56 Å². The van der Waals surface area contributed by atoms with Gasteiger partial charge in [0.15, 0.2) is 0 Å². The fourth-order valence-electron chi connectivity index (χ4n) is 2.01. The van der Waals surface area contributed by atoms with Gasteiger partial charge in [0.2, 0.25) is 0 Å². The first-order valence-corrected chi connectivity index (χ1v) is 6.40. The second-order valence-electron chi connectivity index (χ2n) is 4.24. The van der Waals surface area contributed by atoms with Gasteiger partial charge in [0.1, 0.15) is 12.4 Å². The first-order valence-electron chi connectivity index (χ1n) is 6.40. The van der Waals surface area contributed by atoms with Crippen molar-refractivity contribution in [3.63, 3.8) is 0 Å². The van der Waals surface area contributed by atoms with Crippen LogP contribution in [0.4, 0.5) is 0 Å². The lowest BCUT2D eigenvalue weighted by Crippen LogP contribution is -2.00. The van der Waals surface area contributed by atoms with E-state index in [2.05, 4.69) is 36.2 Å². The average molecular weight is 241 g/mol. The Labute approximate surface area is 109 Å². The van der Waals surface area contributed by atoms with Crippen molar-refractivity contribution in [2.75, 3.05) is 13.2 Å². The molecule has 94 valence electrons. The summed E-state index contributed by atoms with van der Waals surface area (Å²) >= 11 is 0. The van der Waals surface area contributed by atoms with Gasteiger partial charge in [-0.05, 0) is 43.5 Å². The van der Waals surface area contributed by atoms with Gasteiger partial charge in [-0.15, -0.1) is 0 Å². The summed E-state index contributed by atoms with van der Waals surface area (Å²) in [5.41, 5.74) is 3.46. The molecule has 1 aromatic carbocycles. The van der Waals surface area contributed by atoms with Crippen LogP contribution in [0.15, 0.2) is 53.1 Å². The fraction of sp³-hybridized carbons (Fsp3) is 0.312. The fourth-order valence-corrected chi connectivity index (χ4v) is 2.01. The zero-order chi connectivity index (χ0) is 12.8. The minimum atomic E-state index is 0.591. The number of benzene rings is 1. The Bertz CT molecular complexity index is 498. The summed E-state index contributed by atoms with van der Waals surface area (Å²) < 4.78 is 5.80. The van der Waals surface area contributed by atoms with Gasteiger partial charge < -0.3 is 4.74 Å². The van der Waals surface area contributed by atoms with Gasteiger partial charge in [0.05, 0.1) is 0 Å². The first-order chi connectivity index (χ1) is 8.81. The second-order valence-corrected chi connectivity index (χ2v) is 4.24. The Morgan fingerprint density at radius 2 is 2.17 bits per heavy atom. The summed E-state index contributed by atoms with van der Waals surface area (Å²) in [6, 6.07) is 8.19. The monoisotopic (exact) mass is 241 g/mol. The van der Waals surface area contributed by atoms with E-state index in [1.807, 2.05) is 25.1 Å². The van der Waals surface area contributed by atoms with Crippen LogP contribution in [0.3, 0.4) is 0 Å². The minimum Gasteiger partial charge on any atom is -0.489 e. The molecule has 1 aliphatic rings. The van der Waals surface area contributed by atoms with E-state index in [9.17, 15) is 0 Å². The van der Waals surface area contributed by atoms with Crippen LogP contribution in [0.2, 0.25) is 0 Å². The van der Waals surface area contributed by atoms with E-state index in [0.29, 0.717) is 6.61 Å². The van der Waals surface area contributed by atoms with Crippen LogP contribution in [0, 0.1) is 0 Å². The molecular weight excluding hydrogens is 222 g/mol. The number of hydrogen-bond donors (Lipinski definition) is 0. The molecule has 0 radical (unpaired) electrons. The highest BCUT2D eigenvalue weighted by atomic mass is 16.5. The van der Waals surface area contributed by atoms with Crippen molar-refractivity contribution < 1.29 is 4.74 Å². The third-order valence-corrected chi connectivity index (χ3v) is 2.96. The Morgan fingerprint density at radius 1 is 1.33 bits per heavy atom. The van der Waals surface area contributed by atoms with Crippen molar-refractivity contribution in [2.45, 2.75) is 20.3 Å². The molecule has 2 nitrogen and oxygen atoms in total. The lowest BCUT2D eigenvalue weighted by Gasteiger charge is -2.07. The van der Waals surface area contributed by atoms with E-state index < -0.39 is 0 Å². The molecule has 2 heteroatoms. The molecule has 2 rings (SSSR count). The predicted molar refractivity (Wildman–Crippen MR) is 76.5 cm³/mol. The minimum absolute atomic E-state index is 0.591. The Morgan fingerprint density at radius 3 is 3.00 bits per heavy atom. The number of fused-ring (bicyclic) bond motifs is 1. The Kier molecular flexibility index (Phi) is 4.35. The van der Waals surface area contributed by atoms with Crippen molar-refractivity contribution in [3.8, 4) is 5.75 Å². The summed E-state index contributed by atoms with van der Waals surface area (Å²) in [7, 11) is 0. The summed E-state index contributed by atoms with van der Waals surface area (Å²) in [5, 5.41) is 0. The molecule has 1 heterocycles. The number of para-hydroxylation sites is 1. The van der Waals surface area contributed by atoms with Gasteiger partial charge in [0.25, 0.3) is 0 Å². The summed E-state index contributed by atoms with van der Waals surface area (Å²) in [5.74, 6) is 0.977. The topological polar surface area (TPSA) is 21.6 Å². The highest BCUT2D eigenvalue weighted by Crippen LogP contribution is 2.20. The number of aliphatic imine (C=N–C) groups is 1. The van der Waals surface area contributed by atoms with E-state index >= 15 is 0 Å². The normalized spacial score (nSPS) is 20.6. The van der Waals surface area contributed by atoms with Crippen LogP contribution in [0.25, 0.3) is 0 Å². The van der Waals surface area contributed by atoms with E-state index in [-0.39, 0.29) is 0 Å². The first kappa shape index (κ1) is 12.6. The molecule has 0 saturated heterocycles. The van der Waals surface area contributed by atoms with Gasteiger partial charge >= 0.3 is 0 Å². The maximum Gasteiger partial charge on any atom is 0.123 e. The van der Waals surface area contributed by atoms with Gasteiger partial charge in [-0.2, -0.15) is 0 Å². The Hall–Kier alpha value is -1.83. The summed E-state index contributed by atoms with van der Waals surface area (Å²) in [6.45, 7) is 5.51. The average Bonchev–Trinajstić information content (AvgIpc) is 2.48. The maximum atomic E-state index is 5.80. The molecule has 0 atom stereocenters. The molecule has 0 saturated carbocycles. The van der Waals surface area contributed by atoms with Gasteiger partial charge in [-0.1, -0.05) is 30.4 Å². The Balaban J connectivity index is 2.23. The molecule has 0 fully saturated rings. The van der Waals surface area contributed by atoms with Gasteiger partial charge in [-0.3, -0.25) is 4.99 Å². The third-order valence-electron chi connectivity index (χ3n) is 2.96. The smallest absolute Gasteiger partial charge is 0.123 e. The third kappa shape index (κ3) is 3.10.